The Hall–Kier alpha value is -3.45. The first-order valence-corrected chi connectivity index (χ1v) is 10.9. The summed E-state index contributed by atoms with van der Waals surface area (Å²) in [4.78, 5) is 37.8. The lowest BCUT2D eigenvalue weighted by Crippen LogP contribution is -2.43. The van der Waals surface area contributed by atoms with Crippen LogP contribution in [0, 0.1) is 5.92 Å². The number of rotatable bonds is 8. The summed E-state index contributed by atoms with van der Waals surface area (Å²) in [5.41, 5.74) is -0.829. The van der Waals surface area contributed by atoms with E-state index in [-0.39, 0.29) is 29.7 Å². The monoisotopic (exact) mass is 452 g/mol. The van der Waals surface area contributed by atoms with Crippen LogP contribution in [0.5, 0.6) is 0 Å². The number of allylic oxidation sites excluding steroid dienone is 7. The molecule has 3 aliphatic rings. The molecule has 0 bridgehead atoms. The molecule has 7 nitrogen and oxygen atoms in total. The molecule has 0 aromatic heterocycles. The van der Waals surface area contributed by atoms with Crippen molar-refractivity contribution in [1.82, 2.24) is 0 Å². The van der Waals surface area contributed by atoms with Crippen LogP contribution in [0.15, 0.2) is 82.9 Å². The molecule has 1 aliphatic carbocycles. The zero-order chi connectivity index (χ0) is 24.2. The van der Waals surface area contributed by atoms with Gasteiger partial charge in [0.25, 0.3) is 0 Å². The molecule has 7 heteroatoms. The van der Waals surface area contributed by atoms with Crippen LogP contribution in [0.3, 0.4) is 0 Å². The van der Waals surface area contributed by atoms with E-state index < -0.39 is 35.0 Å². The predicted octanol–water partition coefficient (Wildman–Crippen LogP) is 3.50. The van der Waals surface area contributed by atoms with Gasteiger partial charge in [0.1, 0.15) is 17.4 Å². The van der Waals surface area contributed by atoms with Crippen LogP contribution in [0.1, 0.15) is 33.6 Å². The normalized spacial score (nSPS) is 26.3. The first kappa shape index (κ1) is 24.2. The summed E-state index contributed by atoms with van der Waals surface area (Å²) in [5, 5.41) is 19.9. The van der Waals surface area contributed by atoms with Crippen LogP contribution >= 0.6 is 0 Å². The number of hydrogen-bond donors (Lipinski definition) is 2. The fourth-order valence-corrected chi connectivity index (χ4v) is 3.70. The zero-order valence-electron chi connectivity index (χ0n) is 18.9. The van der Waals surface area contributed by atoms with Gasteiger partial charge in [-0.25, -0.2) is 4.79 Å². The van der Waals surface area contributed by atoms with Crippen LogP contribution in [-0.4, -0.2) is 46.1 Å². The van der Waals surface area contributed by atoms with Gasteiger partial charge in [0.2, 0.25) is 5.78 Å². The number of carbonyl (C=O) groups excluding carboxylic acids is 3. The highest BCUT2D eigenvalue weighted by Crippen LogP contribution is 2.45. The second-order valence-electron chi connectivity index (χ2n) is 8.33. The van der Waals surface area contributed by atoms with E-state index in [1.807, 2.05) is 6.08 Å². The Morgan fingerprint density at radius 1 is 1.27 bits per heavy atom. The van der Waals surface area contributed by atoms with Gasteiger partial charge in [-0.05, 0) is 30.6 Å². The van der Waals surface area contributed by atoms with E-state index in [2.05, 4.69) is 19.9 Å². The number of carbonyl (C=O) groups is 3. The summed E-state index contributed by atoms with van der Waals surface area (Å²) in [6.07, 6.45) is 14.8. The van der Waals surface area contributed by atoms with Crippen LogP contribution < -0.4 is 0 Å². The molecule has 0 saturated carbocycles. The van der Waals surface area contributed by atoms with E-state index in [1.54, 1.807) is 18.2 Å². The quantitative estimate of drug-likeness (QED) is 0.251. The lowest BCUT2D eigenvalue weighted by molar-refractivity contribution is -0.152. The highest BCUT2D eigenvalue weighted by molar-refractivity contribution is 6.15. The molecule has 0 spiro atoms. The molecule has 2 aliphatic heterocycles. The molecular weight excluding hydrogens is 424 g/mol. The molecule has 0 saturated heterocycles. The molecule has 0 aromatic rings. The third-order valence-electron chi connectivity index (χ3n) is 5.87. The third-order valence-corrected chi connectivity index (χ3v) is 5.87. The van der Waals surface area contributed by atoms with E-state index >= 15 is 0 Å². The van der Waals surface area contributed by atoms with Crippen LogP contribution in [0.25, 0.3) is 0 Å². The van der Waals surface area contributed by atoms with Crippen molar-refractivity contribution in [2.24, 2.45) is 5.92 Å². The molecule has 0 amide bonds. The number of Topliss-reactive ketones (excluding diaryl/α,β-unsaturated/α-hetero) is 1. The van der Waals surface area contributed by atoms with Crippen molar-refractivity contribution < 1.29 is 34.1 Å². The van der Waals surface area contributed by atoms with E-state index in [9.17, 15) is 24.6 Å². The van der Waals surface area contributed by atoms with Crippen molar-refractivity contribution in [3.05, 3.63) is 82.9 Å². The Labute approximate surface area is 192 Å². The molecule has 2 N–H and O–H groups in total. The molecule has 0 aromatic carbocycles. The van der Waals surface area contributed by atoms with Gasteiger partial charge in [-0.2, -0.15) is 0 Å². The number of esters is 1. The average molecular weight is 453 g/mol. The standard InChI is InChI=1S/C26H28O7/c1-4-16(2)9-7-5-6-8-10-18(28)13-22(29)23-21-12-17-11-19(14-27)32-15-20(17)24(30)26(21,3)33-25(23)31/h5-10,12-13,15-16,19,27,29H,4,11,14H2,1-3H3/b6-5+,9-7+,10-8+,22-13-/t16?,19?,26-/m1/s1. The maximum atomic E-state index is 13.0. The van der Waals surface area contributed by atoms with Gasteiger partial charge < -0.3 is 19.7 Å². The van der Waals surface area contributed by atoms with Gasteiger partial charge in [-0.3, -0.25) is 9.59 Å². The van der Waals surface area contributed by atoms with E-state index in [1.165, 1.54) is 25.3 Å². The van der Waals surface area contributed by atoms with Gasteiger partial charge in [0.05, 0.1) is 18.4 Å². The number of ether oxygens (including phenoxy) is 2. The number of ketones is 2. The van der Waals surface area contributed by atoms with Crippen LogP contribution in [0.4, 0.5) is 0 Å². The highest BCUT2D eigenvalue weighted by atomic mass is 16.6. The number of aliphatic hydroxyl groups is 2. The Morgan fingerprint density at radius 3 is 2.70 bits per heavy atom. The Morgan fingerprint density at radius 2 is 2.00 bits per heavy atom. The van der Waals surface area contributed by atoms with E-state index in [0.29, 0.717) is 11.5 Å². The molecule has 33 heavy (non-hydrogen) atoms. The second-order valence-corrected chi connectivity index (χ2v) is 8.33. The smallest absolute Gasteiger partial charge is 0.343 e. The van der Waals surface area contributed by atoms with Gasteiger partial charge in [-0.15, -0.1) is 0 Å². The summed E-state index contributed by atoms with van der Waals surface area (Å²) in [5.74, 6) is -2.01. The van der Waals surface area contributed by atoms with Crippen LogP contribution in [-0.2, 0) is 23.9 Å². The Kier molecular flexibility index (Phi) is 7.33. The first-order valence-electron chi connectivity index (χ1n) is 10.9. The summed E-state index contributed by atoms with van der Waals surface area (Å²) in [6.45, 7) is 5.40. The fraction of sp³-hybridized carbons (Fsp3) is 0.346. The second kappa shape index (κ2) is 10.0. The number of aliphatic hydroxyl groups excluding tert-OH is 2. The van der Waals surface area contributed by atoms with Crippen molar-refractivity contribution in [3.63, 3.8) is 0 Å². The van der Waals surface area contributed by atoms with Gasteiger partial charge in [0, 0.05) is 18.1 Å². The maximum absolute atomic E-state index is 13.0. The molecule has 0 radical (unpaired) electrons. The predicted molar refractivity (Wildman–Crippen MR) is 122 cm³/mol. The summed E-state index contributed by atoms with van der Waals surface area (Å²) < 4.78 is 10.7. The number of hydrogen-bond acceptors (Lipinski definition) is 7. The average Bonchev–Trinajstić information content (AvgIpc) is 3.05. The van der Waals surface area contributed by atoms with Crippen molar-refractivity contribution in [1.29, 1.82) is 0 Å². The van der Waals surface area contributed by atoms with Crippen molar-refractivity contribution >= 4 is 17.5 Å². The molecule has 2 heterocycles. The lowest BCUT2D eigenvalue weighted by atomic mass is 9.76. The molecule has 3 atom stereocenters. The lowest BCUT2D eigenvalue weighted by Gasteiger charge is -2.33. The number of fused-ring (bicyclic) bond motifs is 2. The molecule has 2 unspecified atom stereocenters. The molecule has 174 valence electrons. The maximum Gasteiger partial charge on any atom is 0.343 e. The van der Waals surface area contributed by atoms with Crippen molar-refractivity contribution in [3.8, 4) is 0 Å². The van der Waals surface area contributed by atoms with Crippen LogP contribution in [0.2, 0.25) is 0 Å². The molecule has 3 rings (SSSR count). The van der Waals surface area contributed by atoms with Crippen molar-refractivity contribution in [2.75, 3.05) is 6.61 Å². The minimum Gasteiger partial charge on any atom is -0.507 e. The first-order chi connectivity index (χ1) is 15.7. The zero-order valence-corrected chi connectivity index (χ0v) is 18.9. The molecule has 0 fully saturated rings. The Balaban J connectivity index is 1.86. The summed E-state index contributed by atoms with van der Waals surface area (Å²) >= 11 is 0. The highest BCUT2D eigenvalue weighted by Gasteiger charge is 2.54. The largest absolute Gasteiger partial charge is 0.507 e. The van der Waals surface area contributed by atoms with E-state index in [4.69, 9.17) is 9.47 Å². The van der Waals surface area contributed by atoms with Gasteiger partial charge in [0.15, 0.2) is 11.4 Å². The fourth-order valence-electron chi connectivity index (χ4n) is 3.70. The van der Waals surface area contributed by atoms with Crippen molar-refractivity contribution in [2.45, 2.75) is 45.3 Å². The molecular formula is C26H28O7. The van der Waals surface area contributed by atoms with Gasteiger partial charge >= 0.3 is 5.97 Å². The topological polar surface area (TPSA) is 110 Å². The minimum absolute atomic E-state index is 0.184. The Bertz CT molecular complexity index is 1060. The third kappa shape index (κ3) is 4.98. The summed E-state index contributed by atoms with van der Waals surface area (Å²) in [6, 6.07) is 0. The van der Waals surface area contributed by atoms with E-state index in [0.717, 1.165) is 12.5 Å². The SMILES string of the molecule is CCC(C)/C=C/C=C/C=C/C(=O)/C=C(\O)C1=C2C=C3CC(CO)OC=C3C(=O)[C@]2(C)OC1=O. The summed E-state index contributed by atoms with van der Waals surface area (Å²) in [7, 11) is 0. The van der Waals surface area contributed by atoms with Gasteiger partial charge in [-0.1, -0.05) is 50.6 Å². The minimum atomic E-state index is -1.62.